The van der Waals surface area contributed by atoms with Gasteiger partial charge in [0.1, 0.15) is 5.82 Å². The van der Waals surface area contributed by atoms with Crippen molar-refractivity contribution in [1.29, 1.82) is 0 Å². The van der Waals surface area contributed by atoms with Crippen molar-refractivity contribution in [3.63, 3.8) is 0 Å². The van der Waals surface area contributed by atoms with Gasteiger partial charge in [0, 0.05) is 35.5 Å². The van der Waals surface area contributed by atoms with Crippen molar-refractivity contribution in [2.45, 2.75) is 50.5 Å². The van der Waals surface area contributed by atoms with Gasteiger partial charge < -0.3 is 5.32 Å². The Labute approximate surface area is 186 Å². The lowest BCUT2D eigenvalue weighted by Crippen LogP contribution is -2.34. The van der Waals surface area contributed by atoms with Crippen LogP contribution in [-0.4, -0.2) is 36.4 Å². The van der Waals surface area contributed by atoms with E-state index < -0.39 is 0 Å². The molecule has 0 unspecified atom stereocenters. The molecule has 2 aliphatic rings. The Hall–Kier alpha value is -3.48. The van der Waals surface area contributed by atoms with Gasteiger partial charge >= 0.3 is 0 Å². The highest BCUT2D eigenvalue weighted by Gasteiger charge is 2.38. The van der Waals surface area contributed by atoms with Gasteiger partial charge in [0.2, 0.25) is 0 Å². The summed E-state index contributed by atoms with van der Waals surface area (Å²) in [6.07, 6.45) is 7.24. The summed E-state index contributed by atoms with van der Waals surface area (Å²) >= 11 is 0. The van der Waals surface area contributed by atoms with E-state index in [0.717, 1.165) is 36.2 Å². The smallest absolute Gasteiger partial charge is 0.251 e. The van der Waals surface area contributed by atoms with Crippen LogP contribution in [0.4, 0.5) is 0 Å². The highest BCUT2D eigenvalue weighted by atomic mass is 16.1. The first-order chi connectivity index (χ1) is 15.5. The third-order valence-electron chi connectivity index (χ3n) is 6.76. The van der Waals surface area contributed by atoms with Gasteiger partial charge in [-0.1, -0.05) is 18.2 Å². The van der Waals surface area contributed by atoms with Gasteiger partial charge in [-0.25, -0.2) is 4.98 Å². The average molecular weight is 427 g/mol. The molecule has 1 amide bonds. The number of rotatable bonds is 6. The van der Waals surface area contributed by atoms with E-state index in [4.69, 9.17) is 4.98 Å². The lowest BCUT2D eigenvalue weighted by Gasteiger charge is -2.11. The molecular weight excluding hydrogens is 400 g/mol. The average Bonchev–Trinajstić information content (AvgIpc) is 3.67. The fourth-order valence-corrected chi connectivity index (χ4v) is 4.39. The fourth-order valence-electron chi connectivity index (χ4n) is 4.39. The van der Waals surface area contributed by atoms with E-state index in [2.05, 4.69) is 39.7 Å². The summed E-state index contributed by atoms with van der Waals surface area (Å²) < 4.78 is 1.86. The van der Waals surface area contributed by atoms with E-state index in [0.29, 0.717) is 17.3 Å². The van der Waals surface area contributed by atoms with E-state index in [1.54, 1.807) is 0 Å². The molecule has 2 aromatic carbocycles. The molecule has 0 spiro atoms. The van der Waals surface area contributed by atoms with Crippen LogP contribution in [0.3, 0.4) is 0 Å². The van der Waals surface area contributed by atoms with Gasteiger partial charge in [-0.3, -0.25) is 14.6 Å². The predicted molar refractivity (Wildman–Crippen MR) is 122 cm³/mol. The molecule has 2 heterocycles. The monoisotopic (exact) mass is 426 g/mol. The molecule has 0 aliphatic heterocycles. The molecule has 2 saturated carbocycles. The number of hydrogen-bond donors (Lipinski definition) is 2. The maximum absolute atomic E-state index is 12.4. The fraction of sp³-hybridized carbons (Fsp3) is 0.360. The number of carbonyl (C=O) groups is 1. The number of H-pyrrole nitrogens is 1. The van der Waals surface area contributed by atoms with Crippen molar-refractivity contribution < 1.29 is 4.79 Å². The zero-order chi connectivity index (χ0) is 21.9. The highest BCUT2D eigenvalue weighted by molar-refractivity contribution is 5.95. The summed E-state index contributed by atoms with van der Waals surface area (Å²) in [7, 11) is 1.94. The first kappa shape index (κ1) is 19.2. The van der Waals surface area contributed by atoms with Crippen molar-refractivity contribution >= 4 is 16.8 Å². The minimum absolute atomic E-state index is 0.0199. The van der Waals surface area contributed by atoms with E-state index in [-0.39, 0.29) is 11.4 Å². The van der Waals surface area contributed by atoms with Crippen LogP contribution < -0.4 is 5.32 Å². The number of fused-ring (bicyclic) bond motifs is 1. The molecule has 6 rings (SSSR count). The summed E-state index contributed by atoms with van der Waals surface area (Å²) in [5.41, 5.74) is 5.35. The molecule has 0 radical (unpaired) electrons. The Morgan fingerprint density at radius 1 is 1.19 bits per heavy atom. The molecule has 4 aromatic rings. The molecule has 0 atom stereocenters. The topological polar surface area (TPSA) is 88.5 Å². The standard InChI is InChI=1S/C25H26N6O/c1-25(11-12-25)28-24(32)17-7-5-16(6-8-17)23-27-21(31(2)30-23)13-18-9-10-20-19(14-26-29-20)22(18)15-3-4-15/h5-10,14-15H,3-4,11-13H2,1-2H3,(H,26,29)(H,28,32). The molecular formula is C25H26N6O. The number of aromatic amines is 1. The lowest BCUT2D eigenvalue weighted by atomic mass is 9.97. The molecule has 7 heteroatoms. The molecule has 0 saturated heterocycles. The van der Waals surface area contributed by atoms with Crippen molar-refractivity contribution in [3.8, 4) is 11.4 Å². The molecule has 2 aromatic heterocycles. The zero-order valence-electron chi connectivity index (χ0n) is 18.4. The SMILES string of the molecule is Cn1nc(-c2ccc(C(=O)NC3(C)CC3)cc2)nc1Cc1ccc2[nH]ncc2c1C1CC1. The number of aryl methyl sites for hydroxylation is 1. The maximum Gasteiger partial charge on any atom is 0.251 e. The minimum Gasteiger partial charge on any atom is -0.347 e. The molecule has 162 valence electrons. The van der Waals surface area contributed by atoms with Crippen LogP contribution in [0.25, 0.3) is 22.3 Å². The number of hydrogen-bond acceptors (Lipinski definition) is 4. The predicted octanol–water partition coefficient (Wildman–Crippen LogP) is 4.11. The number of nitrogens with one attached hydrogen (secondary N) is 2. The van der Waals surface area contributed by atoms with Crippen LogP contribution in [0.1, 0.15) is 65.8 Å². The number of aromatic nitrogens is 5. The quantitative estimate of drug-likeness (QED) is 0.486. The molecule has 32 heavy (non-hydrogen) atoms. The Balaban J connectivity index is 1.25. The van der Waals surface area contributed by atoms with E-state index in [1.807, 2.05) is 42.2 Å². The van der Waals surface area contributed by atoms with Gasteiger partial charge in [-0.05, 0) is 67.9 Å². The molecule has 7 nitrogen and oxygen atoms in total. The van der Waals surface area contributed by atoms with Gasteiger partial charge in [0.15, 0.2) is 5.82 Å². The van der Waals surface area contributed by atoms with Crippen molar-refractivity contribution in [2.24, 2.45) is 7.05 Å². The van der Waals surface area contributed by atoms with Crippen molar-refractivity contribution in [3.05, 3.63) is 65.1 Å². The summed E-state index contributed by atoms with van der Waals surface area (Å²) in [6, 6.07) is 11.9. The van der Waals surface area contributed by atoms with Crippen molar-refractivity contribution in [2.75, 3.05) is 0 Å². The van der Waals surface area contributed by atoms with Gasteiger partial charge in [-0.2, -0.15) is 10.2 Å². The normalized spacial score (nSPS) is 16.9. The van der Waals surface area contributed by atoms with Crippen LogP contribution in [0.15, 0.2) is 42.6 Å². The largest absolute Gasteiger partial charge is 0.347 e. The number of carbonyl (C=O) groups excluding carboxylic acids is 1. The van der Waals surface area contributed by atoms with Gasteiger partial charge in [0.25, 0.3) is 5.91 Å². The molecule has 2 N–H and O–H groups in total. The summed E-state index contributed by atoms with van der Waals surface area (Å²) in [5.74, 6) is 2.21. The van der Waals surface area contributed by atoms with E-state index in [1.165, 1.54) is 29.4 Å². The number of nitrogens with zero attached hydrogens (tertiary/aromatic N) is 4. The van der Waals surface area contributed by atoms with Crippen LogP contribution in [0.2, 0.25) is 0 Å². The van der Waals surface area contributed by atoms with Gasteiger partial charge in [0.05, 0.1) is 11.7 Å². The minimum atomic E-state index is -0.0218. The van der Waals surface area contributed by atoms with Gasteiger partial charge in [-0.15, -0.1) is 0 Å². The zero-order valence-corrected chi connectivity index (χ0v) is 18.4. The maximum atomic E-state index is 12.4. The first-order valence-electron chi connectivity index (χ1n) is 11.3. The first-order valence-corrected chi connectivity index (χ1v) is 11.3. The number of amides is 1. The summed E-state index contributed by atoms with van der Waals surface area (Å²) in [4.78, 5) is 17.3. The Morgan fingerprint density at radius 3 is 2.69 bits per heavy atom. The third kappa shape index (κ3) is 3.47. The summed E-state index contributed by atoms with van der Waals surface area (Å²) in [6.45, 7) is 2.08. The third-order valence-corrected chi connectivity index (χ3v) is 6.76. The Kier molecular flexibility index (Phi) is 4.22. The van der Waals surface area contributed by atoms with E-state index >= 15 is 0 Å². The van der Waals surface area contributed by atoms with Crippen molar-refractivity contribution in [1.82, 2.24) is 30.3 Å². The molecule has 2 fully saturated rings. The van der Waals surface area contributed by atoms with Crippen LogP contribution in [0, 0.1) is 0 Å². The second-order valence-electron chi connectivity index (χ2n) is 9.49. The second-order valence-corrected chi connectivity index (χ2v) is 9.49. The van der Waals surface area contributed by atoms with Crippen LogP contribution in [0.5, 0.6) is 0 Å². The highest BCUT2D eigenvalue weighted by Crippen LogP contribution is 2.45. The summed E-state index contributed by atoms with van der Waals surface area (Å²) in [5, 5.41) is 16.3. The van der Waals surface area contributed by atoms with E-state index in [9.17, 15) is 4.79 Å². The second kappa shape index (κ2) is 7.02. The molecule has 2 aliphatic carbocycles. The lowest BCUT2D eigenvalue weighted by molar-refractivity contribution is 0.0935. The Bertz CT molecular complexity index is 1320. The Morgan fingerprint density at radius 2 is 1.97 bits per heavy atom. The molecule has 0 bridgehead atoms. The van der Waals surface area contributed by atoms with Crippen LogP contribution >= 0.6 is 0 Å². The number of benzene rings is 2. The van der Waals surface area contributed by atoms with Crippen LogP contribution in [-0.2, 0) is 13.5 Å².